The van der Waals surface area contributed by atoms with E-state index in [1.165, 1.54) is 12.5 Å². The van der Waals surface area contributed by atoms with Crippen LogP contribution in [0.4, 0.5) is 0 Å². The third-order valence-corrected chi connectivity index (χ3v) is 13.1. The Labute approximate surface area is 109 Å². The Bertz CT molecular complexity index is 266. The van der Waals surface area contributed by atoms with Crippen LogP contribution in [0.5, 0.6) is 0 Å². The smallest absolute Gasteiger partial charge is 0.0658 e. The van der Waals surface area contributed by atoms with Gasteiger partial charge in [-0.25, -0.2) is 0 Å². The largest absolute Gasteiger partial charge is 0.198 e. The third-order valence-electron chi connectivity index (χ3n) is 5.42. The molecule has 17 heavy (non-hydrogen) atoms. The van der Waals surface area contributed by atoms with Gasteiger partial charge in [-0.05, 0) is 18.8 Å². The molecule has 1 fully saturated rings. The molecule has 0 aromatic rings. The van der Waals surface area contributed by atoms with Crippen molar-refractivity contribution in [1.29, 1.82) is 5.26 Å². The highest BCUT2D eigenvalue weighted by Gasteiger charge is 2.46. The van der Waals surface area contributed by atoms with E-state index in [1.807, 2.05) is 0 Å². The molecular weight excluding hydrogens is 222 g/mol. The normalized spacial score (nSPS) is 25.2. The van der Waals surface area contributed by atoms with Crippen LogP contribution in [0.2, 0.25) is 22.7 Å². The lowest BCUT2D eigenvalue weighted by Crippen LogP contribution is -2.48. The maximum Gasteiger partial charge on any atom is 0.0658 e. The molecule has 1 rings (SSSR count). The van der Waals surface area contributed by atoms with Gasteiger partial charge in [0.15, 0.2) is 0 Å². The van der Waals surface area contributed by atoms with E-state index in [0.29, 0.717) is 5.92 Å². The number of nitrogens with zero attached hydrogens (tertiary/aromatic N) is 1. The summed E-state index contributed by atoms with van der Waals surface area (Å²) in [5.74, 6) is 1.09. The Hall–Kier alpha value is -0.293. The van der Waals surface area contributed by atoms with Crippen LogP contribution >= 0.6 is 0 Å². The van der Waals surface area contributed by atoms with Crippen LogP contribution in [-0.2, 0) is 0 Å². The van der Waals surface area contributed by atoms with E-state index in [-0.39, 0.29) is 0 Å². The van der Waals surface area contributed by atoms with E-state index in [2.05, 4.69) is 47.6 Å². The first-order chi connectivity index (χ1) is 7.86. The molecule has 0 amide bonds. The highest BCUT2D eigenvalue weighted by molar-refractivity contribution is 6.83. The molecule has 0 radical (unpaired) electrons. The van der Waals surface area contributed by atoms with Crippen LogP contribution < -0.4 is 0 Å². The second-order valence-corrected chi connectivity index (χ2v) is 13.0. The van der Waals surface area contributed by atoms with Gasteiger partial charge in [0.05, 0.1) is 14.1 Å². The van der Waals surface area contributed by atoms with E-state index in [9.17, 15) is 0 Å². The molecule has 0 aromatic heterocycles. The van der Waals surface area contributed by atoms with Gasteiger partial charge in [-0.3, -0.25) is 0 Å². The van der Waals surface area contributed by atoms with E-state index in [4.69, 9.17) is 5.26 Å². The Kier molecular flexibility index (Phi) is 4.83. The SMILES string of the molecule is CC(C)[Si](CC1CCC1C#N)(C(C)C)C(C)C. The summed E-state index contributed by atoms with van der Waals surface area (Å²) in [6.45, 7) is 14.5. The summed E-state index contributed by atoms with van der Waals surface area (Å²) < 4.78 is 0. The molecule has 98 valence electrons. The zero-order chi connectivity index (χ0) is 13.2. The van der Waals surface area contributed by atoms with Crippen molar-refractivity contribution >= 4 is 8.07 Å². The van der Waals surface area contributed by atoms with Crippen LogP contribution in [0.1, 0.15) is 54.4 Å². The lowest BCUT2D eigenvalue weighted by Gasteiger charge is -2.48. The summed E-state index contributed by atoms with van der Waals surface area (Å²) in [6, 6.07) is 3.90. The topological polar surface area (TPSA) is 23.8 Å². The fraction of sp³-hybridized carbons (Fsp3) is 0.933. The molecule has 0 saturated heterocycles. The van der Waals surface area contributed by atoms with Gasteiger partial charge in [-0.2, -0.15) is 5.26 Å². The number of hydrogen-bond acceptors (Lipinski definition) is 1. The van der Waals surface area contributed by atoms with Crippen molar-refractivity contribution < 1.29 is 0 Å². The predicted octanol–water partition coefficient (Wildman–Crippen LogP) is 5.21. The molecule has 0 aromatic carbocycles. The summed E-state index contributed by atoms with van der Waals surface area (Å²) >= 11 is 0. The molecule has 0 bridgehead atoms. The molecule has 0 N–H and O–H groups in total. The standard InChI is InChI=1S/C15H29NSi/c1-11(2)17(12(3)4,13(5)6)10-15-8-7-14(15)9-16/h11-15H,7-8,10H2,1-6H3. The summed E-state index contributed by atoms with van der Waals surface area (Å²) in [4.78, 5) is 0. The first-order valence-electron chi connectivity index (χ1n) is 7.25. The number of nitriles is 1. The van der Waals surface area contributed by atoms with Crippen LogP contribution in [0, 0.1) is 23.2 Å². The van der Waals surface area contributed by atoms with Gasteiger partial charge < -0.3 is 0 Å². The van der Waals surface area contributed by atoms with Crippen LogP contribution in [-0.4, -0.2) is 8.07 Å². The monoisotopic (exact) mass is 251 g/mol. The van der Waals surface area contributed by atoms with Gasteiger partial charge in [0, 0.05) is 5.92 Å². The first-order valence-corrected chi connectivity index (χ1v) is 9.69. The van der Waals surface area contributed by atoms with Crippen LogP contribution in [0.15, 0.2) is 0 Å². The quantitative estimate of drug-likeness (QED) is 0.615. The lowest BCUT2D eigenvalue weighted by atomic mass is 9.76. The zero-order valence-corrected chi connectivity index (χ0v) is 13.5. The molecule has 0 heterocycles. The summed E-state index contributed by atoms with van der Waals surface area (Å²) in [7, 11) is -1.27. The van der Waals surface area contributed by atoms with Gasteiger partial charge in [0.1, 0.15) is 0 Å². The van der Waals surface area contributed by atoms with Gasteiger partial charge >= 0.3 is 0 Å². The van der Waals surface area contributed by atoms with E-state index in [0.717, 1.165) is 29.0 Å². The zero-order valence-electron chi connectivity index (χ0n) is 12.5. The Morgan fingerprint density at radius 2 is 1.47 bits per heavy atom. The predicted molar refractivity (Wildman–Crippen MR) is 77.7 cm³/mol. The fourth-order valence-electron chi connectivity index (χ4n) is 4.14. The average molecular weight is 251 g/mol. The molecule has 1 nitrogen and oxygen atoms in total. The van der Waals surface area contributed by atoms with Gasteiger partial charge in [0.2, 0.25) is 0 Å². The minimum absolute atomic E-state index is 0.373. The molecule has 1 aliphatic rings. The van der Waals surface area contributed by atoms with Gasteiger partial charge in [-0.1, -0.05) is 64.2 Å². The minimum Gasteiger partial charge on any atom is -0.198 e. The molecular formula is C15H29NSi. The average Bonchev–Trinajstić information content (AvgIpc) is 2.15. The van der Waals surface area contributed by atoms with Crippen molar-refractivity contribution in [3.63, 3.8) is 0 Å². The lowest BCUT2D eigenvalue weighted by molar-refractivity contribution is 0.254. The first kappa shape index (κ1) is 14.8. The molecule has 2 atom stereocenters. The Morgan fingerprint density at radius 1 is 1.00 bits per heavy atom. The second kappa shape index (κ2) is 5.57. The number of hydrogen-bond donors (Lipinski definition) is 0. The van der Waals surface area contributed by atoms with E-state index in [1.54, 1.807) is 0 Å². The Balaban J connectivity index is 2.87. The molecule has 2 heteroatoms. The number of rotatable bonds is 5. The van der Waals surface area contributed by atoms with Crippen molar-refractivity contribution in [1.82, 2.24) is 0 Å². The van der Waals surface area contributed by atoms with Crippen molar-refractivity contribution in [2.24, 2.45) is 11.8 Å². The Morgan fingerprint density at radius 3 is 1.71 bits per heavy atom. The molecule has 0 aliphatic heterocycles. The van der Waals surface area contributed by atoms with Crippen LogP contribution in [0.25, 0.3) is 0 Å². The summed E-state index contributed by atoms with van der Waals surface area (Å²) in [5, 5.41) is 9.13. The second-order valence-electron chi connectivity index (χ2n) is 6.85. The summed E-state index contributed by atoms with van der Waals surface area (Å²) in [6.07, 6.45) is 2.46. The van der Waals surface area contributed by atoms with Crippen molar-refractivity contribution in [3.8, 4) is 6.07 Å². The van der Waals surface area contributed by atoms with Gasteiger partial charge in [-0.15, -0.1) is 0 Å². The molecule has 2 unspecified atom stereocenters. The van der Waals surface area contributed by atoms with Crippen molar-refractivity contribution in [2.75, 3.05) is 0 Å². The molecule has 1 aliphatic carbocycles. The fourth-order valence-corrected chi connectivity index (χ4v) is 11.0. The maximum atomic E-state index is 9.13. The highest BCUT2D eigenvalue weighted by Crippen LogP contribution is 2.50. The highest BCUT2D eigenvalue weighted by atomic mass is 28.3. The minimum atomic E-state index is -1.27. The van der Waals surface area contributed by atoms with Crippen molar-refractivity contribution in [2.45, 2.75) is 77.1 Å². The van der Waals surface area contributed by atoms with E-state index < -0.39 is 8.07 Å². The maximum absolute atomic E-state index is 9.13. The van der Waals surface area contributed by atoms with Crippen molar-refractivity contribution in [3.05, 3.63) is 0 Å². The molecule has 1 saturated carbocycles. The molecule has 0 spiro atoms. The van der Waals surface area contributed by atoms with Gasteiger partial charge in [0.25, 0.3) is 0 Å². The summed E-state index contributed by atoms with van der Waals surface area (Å²) in [5.41, 5.74) is 2.51. The van der Waals surface area contributed by atoms with Crippen LogP contribution in [0.3, 0.4) is 0 Å². The third kappa shape index (κ3) is 2.60. The van der Waals surface area contributed by atoms with E-state index >= 15 is 0 Å².